The van der Waals surface area contributed by atoms with Crippen LogP contribution in [0, 0.1) is 17.0 Å². The Labute approximate surface area is 155 Å². The number of aromatic nitrogens is 2. The van der Waals surface area contributed by atoms with Crippen molar-refractivity contribution in [3.8, 4) is 0 Å². The first-order valence-electron chi connectivity index (χ1n) is 8.36. The van der Waals surface area contributed by atoms with Gasteiger partial charge in [-0.15, -0.1) is 0 Å². The summed E-state index contributed by atoms with van der Waals surface area (Å²) < 4.78 is 29.2. The zero-order valence-electron chi connectivity index (χ0n) is 15.1. The summed E-state index contributed by atoms with van der Waals surface area (Å²) in [5.41, 5.74) is -0.125. The van der Waals surface area contributed by atoms with E-state index in [1.807, 2.05) is 0 Å². The number of fused-ring (bicyclic) bond motifs is 1. The van der Waals surface area contributed by atoms with Gasteiger partial charge in [0.25, 0.3) is 0 Å². The molecule has 3 rings (SSSR count). The molecule has 0 saturated carbocycles. The minimum atomic E-state index is -1.57. The van der Waals surface area contributed by atoms with Crippen LogP contribution in [0.4, 0.5) is 14.5 Å². The summed E-state index contributed by atoms with van der Waals surface area (Å²) in [5.74, 6) is -2.35. The van der Waals surface area contributed by atoms with Gasteiger partial charge < -0.3 is 10.4 Å². The van der Waals surface area contributed by atoms with Crippen LogP contribution in [-0.2, 0) is 4.79 Å². The third kappa shape index (κ3) is 3.78. The molecule has 0 spiro atoms. The Morgan fingerprint density at radius 1 is 1.07 bits per heavy atom. The van der Waals surface area contributed by atoms with E-state index in [9.17, 15) is 18.7 Å². The van der Waals surface area contributed by atoms with Crippen molar-refractivity contribution in [1.29, 1.82) is 0 Å². The molecule has 2 aromatic carbocycles. The molecule has 2 N–H and O–H groups in total. The first-order valence-corrected chi connectivity index (χ1v) is 8.36. The Morgan fingerprint density at radius 3 is 2.41 bits per heavy atom. The molecule has 5 nitrogen and oxygen atoms in total. The van der Waals surface area contributed by atoms with Crippen LogP contribution in [0.2, 0.25) is 0 Å². The van der Waals surface area contributed by atoms with E-state index in [1.165, 1.54) is 24.5 Å². The normalized spacial score (nSPS) is 12.8. The first-order chi connectivity index (χ1) is 12.7. The summed E-state index contributed by atoms with van der Waals surface area (Å²) in [6, 6.07) is 6.81. The molecule has 0 aliphatic rings. The Morgan fingerprint density at radius 2 is 1.74 bits per heavy atom. The molecule has 27 heavy (non-hydrogen) atoms. The predicted octanol–water partition coefficient (Wildman–Crippen LogP) is 3.97. The summed E-state index contributed by atoms with van der Waals surface area (Å²) in [6.07, 6.45) is 1.45. The number of benzene rings is 2. The van der Waals surface area contributed by atoms with Crippen molar-refractivity contribution in [2.75, 3.05) is 5.32 Å². The number of carbonyl (C=O) groups is 1. The summed E-state index contributed by atoms with van der Waals surface area (Å²) in [5, 5.41) is 13.0. The molecule has 0 fully saturated rings. The molecule has 7 heteroatoms. The minimum Gasteiger partial charge on any atom is -0.383 e. The van der Waals surface area contributed by atoms with Gasteiger partial charge in [0.15, 0.2) is 5.82 Å². The van der Waals surface area contributed by atoms with Crippen molar-refractivity contribution in [2.24, 2.45) is 5.41 Å². The van der Waals surface area contributed by atoms with Crippen LogP contribution in [0.5, 0.6) is 0 Å². The molecule has 0 saturated heterocycles. The molecule has 0 bridgehead atoms. The molecule has 3 aromatic rings. The summed E-state index contributed by atoms with van der Waals surface area (Å²) in [6.45, 7) is 5.03. The van der Waals surface area contributed by atoms with Crippen molar-refractivity contribution in [1.82, 2.24) is 9.97 Å². The van der Waals surface area contributed by atoms with Crippen LogP contribution in [0.1, 0.15) is 38.0 Å². The van der Waals surface area contributed by atoms with Gasteiger partial charge in [-0.1, -0.05) is 26.8 Å². The average Bonchev–Trinajstić information content (AvgIpc) is 2.62. The number of hydrogen-bond acceptors (Lipinski definition) is 4. The number of carbonyl (C=O) groups excluding carboxylic acids is 1. The lowest BCUT2D eigenvalue weighted by atomic mass is 9.95. The van der Waals surface area contributed by atoms with E-state index in [-0.39, 0.29) is 11.3 Å². The number of halogens is 2. The Hall–Kier alpha value is -2.93. The van der Waals surface area contributed by atoms with Crippen molar-refractivity contribution in [3.05, 3.63) is 65.5 Å². The van der Waals surface area contributed by atoms with Crippen LogP contribution in [0.25, 0.3) is 11.0 Å². The number of aliphatic hydroxyl groups is 1. The van der Waals surface area contributed by atoms with E-state index in [0.717, 1.165) is 12.1 Å². The molecular weight excluding hydrogens is 352 g/mol. The largest absolute Gasteiger partial charge is 0.383 e. The van der Waals surface area contributed by atoms with E-state index in [1.54, 1.807) is 26.8 Å². The molecule has 1 aromatic heterocycles. The molecule has 1 unspecified atom stereocenters. The quantitative estimate of drug-likeness (QED) is 0.730. The van der Waals surface area contributed by atoms with Gasteiger partial charge in [0.05, 0.1) is 22.3 Å². The second-order valence-corrected chi connectivity index (χ2v) is 7.23. The fourth-order valence-corrected chi connectivity index (χ4v) is 2.54. The van der Waals surface area contributed by atoms with Gasteiger partial charge >= 0.3 is 0 Å². The van der Waals surface area contributed by atoms with Gasteiger partial charge in [-0.2, -0.15) is 0 Å². The molecule has 0 aliphatic heterocycles. The lowest BCUT2D eigenvalue weighted by Crippen LogP contribution is -2.28. The van der Waals surface area contributed by atoms with Crippen LogP contribution < -0.4 is 5.32 Å². The minimum absolute atomic E-state index is 0.189. The van der Waals surface area contributed by atoms with E-state index >= 15 is 0 Å². The third-order valence-electron chi connectivity index (χ3n) is 4.14. The zero-order valence-corrected chi connectivity index (χ0v) is 15.1. The lowest BCUT2D eigenvalue weighted by molar-refractivity contribution is -0.123. The fraction of sp³-hybridized carbons (Fsp3) is 0.250. The summed E-state index contributed by atoms with van der Waals surface area (Å²) in [7, 11) is 0. The SMILES string of the molecule is CC(C)(C)C(=O)Nc1ccc(F)c(C(O)c2ccc3nccnc3c2)c1F. The maximum Gasteiger partial charge on any atom is 0.229 e. The van der Waals surface area contributed by atoms with Crippen LogP contribution in [-0.4, -0.2) is 21.0 Å². The van der Waals surface area contributed by atoms with Crippen molar-refractivity contribution < 1.29 is 18.7 Å². The van der Waals surface area contributed by atoms with Gasteiger partial charge in [0.2, 0.25) is 5.91 Å². The van der Waals surface area contributed by atoms with Gasteiger partial charge in [0, 0.05) is 17.8 Å². The number of amides is 1. The number of nitrogens with zero attached hydrogens (tertiary/aromatic N) is 2. The van der Waals surface area contributed by atoms with Crippen LogP contribution in [0.3, 0.4) is 0 Å². The van der Waals surface area contributed by atoms with Crippen LogP contribution >= 0.6 is 0 Å². The number of nitrogens with one attached hydrogen (secondary N) is 1. The topological polar surface area (TPSA) is 75.1 Å². The number of anilines is 1. The molecule has 1 amide bonds. The summed E-state index contributed by atoms with van der Waals surface area (Å²) >= 11 is 0. The number of aliphatic hydroxyl groups excluding tert-OH is 1. The highest BCUT2D eigenvalue weighted by Crippen LogP contribution is 2.32. The Balaban J connectivity index is 2.01. The fourth-order valence-electron chi connectivity index (χ4n) is 2.54. The van der Waals surface area contributed by atoms with E-state index in [4.69, 9.17) is 0 Å². The maximum absolute atomic E-state index is 14.9. The Kier molecular flexibility index (Phi) is 4.89. The second kappa shape index (κ2) is 7.00. The zero-order chi connectivity index (χ0) is 19.8. The molecular formula is C20H19F2N3O2. The summed E-state index contributed by atoms with van der Waals surface area (Å²) in [4.78, 5) is 20.4. The number of rotatable bonds is 3. The lowest BCUT2D eigenvalue weighted by Gasteiger charge is -2.20. The monoisotopic (exact) mass is 371 g/mol. The van der Waals surface area contributed by atoms with E-state index in [2.05, 4.69) is 15.3 Å². The molecule has 1 heterocycles. The number of hydrogen-bond donors (Lipinski definition) is 2. The van der Waals surface area contributed by atoms with Gasteiger partial charge in [-0.25, -0.2) is 8.78 Å². The Bertz CT molecular complexity index is 1020. The van der Waals surface area contributed by atoms with E-state index in [0.29, 0.717) is 11.0 Å². The predicted molar refractivity (Wildman–Crippen MR) is 98.0 cm³/mol. The van der Waals surface area contributed by atoms with Crippen molar-refractivity contribution in [2.45, 2.75) is 26.9 Å². The van der Waals surface area contributed by atoms with Crippen LogP contribution in [0.15, 0.2) is 42.7 Å². The molecule has 0 aliphatic carbocycles. The highest BCUT2D eigenvalue weighted by molar-refractivity contribution is 5.94. The third-order valence-corrected chi connectivity index (χ3v) is 4.14. The van der Waals surface area contributed by atoms with Gasteiger partial charge in [-0.05, 0) is 29.8 Å². The van der Waals surface area contributed by atoms with Crippen molar-refractivity contribution >= 4 is 22.6 Å². The first kappa shape index (κ1) is 18.8. The highest BCUT2D eigenvalue weighted by Gasteiger charge is 2.26. The molecule has 140 valence electrons. The molecule has 0 radical (unpaired) electrons. The van der Waals surface area contributed by atoms with Gasteiger partial charge in [-0.3, -0.25) is 14.8 Å². The average molecular weight is 371 g/mol. The standard InChI is InChI=1S/C20H19F2N3O2/c1-20(2,3)19(27)25-14-7-5-12(21)16(17(14)22)18(26)11-4-6-13-15(10-11)24-9-8-23-13/h4-10,18,26H,1-3H3,(H,25,27). The highest BCUT2D eigenvalue weighted by atomic mass is 19.1. The van der Waals surface area contributed by atoms with Gasteiger partial charge in [0.1, 0.15) is 11.9 Å². The molecule has 1 atom stereocenters. The van der Waals surface area contributed by atoms with Crippen molar-refractivity contribution in [3.63, 3.8) is 0 Å². The second-order valence-electron chi connectivity index (χ2n) is 7.23. The maximum atomic E-state index is 14.9. The van der Waals surface area contributed by atoms with E-state index < -0.39 is 34.6 Å². The smallest absolute Gasteiger partial charge is 0.229 e.